The number of benzene rings is 1. The Morgan fingerprint density at radius 3 is 2.26 bits per heavy atom. The zero-order valence-electron chi connectivity index (χ0n) is 14.9. The summed E-state index contributed by atoms with van der Waals surface area (Å²) < 4.78 is 33.7. The molecule has 1 aliphatic heterocycles. The highest BCUT2D eigenvalue weighted by Gasteiger charge is 2.33. The predicted molar refractivity (Wildman–Crippen MR) is 93.4 cm³/mol. The third kappa shape index (κ3) is 4.07. The highest BCUT2D eigenvalue weighted by atomic mass is 32.2. The predicted octanol–water partition coefficient (Wildman–Crippen LogP) is 3.76. The van der Waals surface area contributed by atoms with Gasteiger partial charge in [0.15, 0.2) is 0 Å². The van der Waals surface area contributed by atoms with Crippen molar-refractivity contribution >= 4 is 10.0 Å². The number of piperidine rings is 1. The van der Waals surface area contributed by atoms with E-state index in [9.17, 15) is 8.42 Å². The van der Waals surface area contributed by atoms with Crippen LogP contribution in [0.4, 0.5) is 0 Å². The molecular formula is C18H29NO3S. The van der Waals surface area contributed by atoms with Gasteiger partial charge in [0, 0.05) is 13.1 Å². The van der Waals surface area contributed by atoms with E-state index < -0.39 is 10.0 Å². The van der Waals surface area contributed by atoms with Crippen LogP contribution in [-0.2, 0) is 10.0 Å². The maximum absolute atomic E-state index is 13.2. The van der Waals surface area contributed by atoms with Crippen LogP contribution in [0, 0.1) is 25.7 Å². The molecule has 0 radical (unpaired) electrons. The molecule has 0 aliphatic carbocycles. The quantitative estimate of drug-likeness (QED) is 0.820. The highest BCUT2D eigenvalue weighted by Crippen LogP contribution is 2.33. The van der Waals surface area contributed by atoms with Crippen LogP contribution in [0.3, 0.4) is 0 Å². The van der Waals surface area contributed by atoms with Gasteiger partial charge >= 0.3 is 0 Å². The summed E-state index contributed by atoms with van der Waals surface area (Å²) in [5.74, 6) is 1.26. The number of hydrogen-bond acceptors (Lipinski definition) is 3. The van der Waals surface area contributed by atoms with Gasteiger partial charge in [0.2, 0.25) is 10.0 Å². The first-order valence-corrected chi connectivity index (χ1v) is 9.93. The molecule has 1 aromatic carbocycles. The summed E-state index contributed by atoms with van der Waals surface area (Å²) in [6.45, 7) is 11.9. The first kappa shape index (κ1) is 18.3. The molecule has 0 bridgehead atoms. The fourth-order valence-corrected chi connectivity index (χ4v) is 5.11. The lowest BCUT2D eigenvalue weighted by molar-refractivity contribution is 0.221. The summed E-state index contributed by atoms with van der Waals surface area (Å²) in [7, 11) is -3.52. The second-order valence-corrected chi connectivity index (χ2v) is 8.91. The second-order valence-electron chi connectivity index (χ2n) is 7.00. The molecule has 130 valence electrons. The van der Waals surface area contributed by atoms with Gasteiger partial charge in [-0.1, -0.05) is 20.8 Å². The Morgan fingerprint density at radius 1 is 1.13 bits per heavy atom. The van der Waals surface area contributed by atoms with Crippen LogP contribution in [0.25, 0.3) is 0 Å². The molecule has 2 atom stereocenters. The number of nitrogens with zero attached hydrogens (tertiary/aromatic N) is 1. The number of ether oxygens (including phenoxy) is 1. The summed E-state index contributed by atoms with van der Waals surface area (Å²) in [6.07, 6.45) is 1.93. The van der Waals surface area contributed by atoms with E-state index in [1.807, 2.05) is 26.8 Å². The molecule has 2 rings (SSSR count). The molecule has 0 spiro atoms. The second kappa shape index (κ2) is 7.22. The summed E-state index contributed by atoms with van der Waals surface area (Å²) >= 11 is 0. The number of aryl methyl sites for hydroxylation is 2. The van der Waals surface area contributed by atoms with Crippen molar-refractivity contribution in [1.29, 1.82) is 0 Å². The molecule has 0 aromatic heterocycles. The Balaban J connectivity index is 2.43. The van der Waals surface area contributed by atoms with Crippen molar-refractivity contribution in [3.8, 4) is 5.75 Å². The van der Waals surface area contributed by atoms with Crippen molar-refractivity contribution in [2.75, 3.05) is 19.7 Å². The summed E-state index contributed by atoms with van der Waals surface area (Å²) in [5, 5.41) is 0. The van der Waals surface area contributed by atoms with Crippen LogP contribution in [0.5, 0.6) is 5.75 Å². The molecule has 1 aliphatic rings. The van der Waals surface area contributed by atoms with E-state index in [-0.39, 0.29) is 0 Å². The lowest BCUT2D eigenvalue weighted by Gasteiger charge is -2.34. The maximum atomic E-state index is 13.2. The van der Waals surface area contributed by atoms with E-state index in [1.165, 1.54) is 0 Å². The summed E-state index contributed by atoms with van der Waals surface area (Å²) in [4.78, 5) is 0.315. The Labute approximate surface area is 140 Å². The van der Waals surface area contributed by atoms with Crippen LogP contribution >= 0.6 is 0 Å². The minimum Gasteiger partial charge on any atom is -0.492 e. The summed E-state index contributed by atoms with van der Waals surface area (Å²) in [6, 6.07) is 3.62. The first-order chi connectivity index (χ1) is 10.8. The Hall–Kier alpha value is -1.07. The maximum Gasteiger partial charge on any atom is 0.246 e. The van der Waals surface area contributed by atoms with E-state index in [0.717, 1.165) is 24.0 Å². The van der Waals surface area contributed by atoms with Gasteiger partial charge in [-0.2, -0.15) is 4.31 Å². The highest BCUT2D eigenvalue weighted by molar-refractivity contribution is 7.89. The summed E-state index contributed by atoms with van der Waals surface area (Å²) in [5.41, 5.74) is 2.03. The molecular weight excluding hydrogens is 310 g/mol. The van der Waals surface area contributed by atoms with Crippen molar-refractivity contribution in [1.82, 2.24) is 4.31 Å². The topological polar surface area (TPSA) is 46.6 Å². The average molecular weight is 340 g/mol. The SMILES string of the molecule is CCCOc1cc(C)c(C)cc1S(=O)(=O)N1C[C@@H](C)C[C@H](C)C1. The van der Waals surface area contributed by atoms with E-state index in [2.05, 4.69) is 13.8 Å². The minimum atomic E-state index is -3.52. The van der Waals surface area contributed by atoms with Crippen molar-refractivity contribution in [2.24, 2.45) is 11.8 Å². The van der Waals surface area contributed by atoms with Crippen molar-refractivity contribution < 1.29 is 13.2 Å². The number of rotatable bonds is 5. The Morgan fingerprint density at radius 2 is 1.70 bits per heavy atom. The normalized spacial score (nSPS) is 23.0. The molecule has 1 aromatic rings. The molecule has 0 amide bonds. The van der Waals surface area contributed by atoms with Gasteiger partial charge in [0.05, 0.1) is 6.61 Å². The zero-order chi connectivity index (χ0) is 17.2. The van der Waals surface area contributed by atoms with Gasteiger partial charge in [-0.05, 0) is 61.8 Å². The molecule has 0 unspecified atom stereocenters. The average Bonchev–Trinajstić information content (AvgIpc) is 2.47. The van der Waals surface area contributed by atoms with Gasteiger partial charge in [-0.15, -0.1) is 0 Å². The van der Waals surface area contributed by atoms with E-state index >= 15 is 0 Å². The van der Waals surface area contributed by atoms with Crippen molar-refractivity contribution in [3.63, 3.8) is 0 Å². The number of hydrogen-bond donors (Lipinski definition) is 0. The van der Waals surface area contributed by atoms with Crippen LogP contribution in [-0.4, -0.2) is 32.4 Å². The fourth-order valence-electron chi connectivity index (χ4n) is 3.23. The van der Waals surface area contributed by atoms with E-state index in [0.29, 0.717) is 42.2 Å². The zero-order valence-corrected chi connectivity index (χ0v) is 15.7. The van der Waals surface area contributed by atoms with E-state index in [1.54, 1.807) is 10.4 Å². The molecule has 0 saturated carbocycles. The minimum absolute atomic E-state index is 0.315. The standard InChI is InChI=1S/C18H29NO3S/c1-6-7-22-17-9-15(4)16(5)10-18(17)23(20,21)19-11-13(2)8-14(3)12-19/h9-10,13-14H,6-8,11-12H2,1-5H3/t13-,14-/m0/s1. The molecule has 1 heterocycles. The van der Waals surface area contributed by atoms with Gasteiger partial charge in [-0.25, -0.2) is 8.42 Å². The van der Waals surface area contributed by atoms with Gasteiger partial charge < -0.3 is 4.74 Å². The monoisotopic (exact) mass is 339 g/mol. The van der Waals surface area contributed by atoms with Crippen molar-refractivity contribution in [3.05, 3.63) is 23.3 Å². The number of sulfonamides is 1. The smallest absolute Gasteiger partial charge is 0.246 e. The van der Waals surface area contributed by atoms with Crippen molar-refractivity contribution in [2.45, 2.75) is 52.4 Å². The Kier molecular flexibility index (Phi) is 5.74. The van der Waals surface area contributed by atoms with Gasteiger partial charge in [-0.3, -0.25) is 0 Å². The van der Waals surface area contributed by atoms with Crippen LogP contribution < -0.4 is 4.74 Å². The molecule has 5 heteroatoms. The molecule has 0 N–H and O–H groups in total. The van der Waals surface area contributed by atoms with Crippen LogP contribution in [0.2, 0.25) is 0 Å². The third-order valence-electron chi connectivity index (χ3n) is 4.47. The molecule has 1 saturated heterocycles. The molecule has 1 fully saturated rings. The van der Waals surface area contributed by atoms with Gasteiger partial charge in [0.25, 0.3) is 0 Å². The largest absolute Gasteiger partial charge is 0.492 e. The van der Waals surface area contributed by atoms with E-state index in [4.69, 9.17) is 4.74 Å². The van der Waals surface area contributed by atoms with Gasteiger partial charge in [0.1, 0.15) is 10.6 Å². The first-order valence-electron chi connectivity index (χ1n) is 8.49. The van der Waals surface area contributed by atoms with Crippen LogP contribution in [0.1, 0.15) is 44.7 Å². The molecule has 4 nitrogen and oxygen atoms in total. The Bertz CT molecular complexity index is 644. The van der Waals surface area contributed by atoms with Crippen LogP contribution in [0.15, 0.2) is 17.0 Å². The lowest BCUT2D eigenvalue weighted by atomic mass is 9.94. The molecule has 23 heavy (non-hydrogen) atoms. The lowest BCUT2D eigenvalue weighted by Crippen LogP contribution is -2.42. The fraction of sp³-hybridized carbons (Fsp3) is 0.667. The third-order valence-corrected chi connectivity index (χ3v) is 6.33.